The Hall–Kier alpha value is -3.17. The molecule has 2 heterocycles. The average Bonchev–Trinajstić information content (AvgIpc) is 3.14. The van der Waals surface area contributed by atoms with Crippen molar-refractivity contribution in [3.05, 3.63) is 89.0 Å². The molecule has 0 amide bonds. The van der Waals surface area contributed by atoms with Crippen molar-refractivity contribution in [2.24, 2.45) is 4.99 Å². The molecule has 0 saturated heterocycles. The van der Waals surface area contributed by atoms with Gasteiger partial charge in [-0.15, -0.1) is 0 Å². The Labute approximate surface area is 228 Å². The summed E-state index contributed by atoms with van der Waals surface area (Å²) < 4.78 is 14.3. The van der Waals surface area contributed by atoms with Gasteiger partial charge in [0.1, 0.15) is 5.75 Å². The van der Waals surface area contributed by atoms with Gasteiger partial charge in [-0.1, -0.05) is 39.4 Å². The molecule has 3 aromatic rings. The highest BCUT2D eigenvalue weighted by atomic mass is 79.9. The Bertz CT molecular complexity index is 1530. The van der Waals surface area contributed by atoms with E-state index < -0.39 is 12.0 Å². The number of ether oxygens (including phenoxy) is 2. The SMILES string of the molecule is CCOC(=O)C1=C(C)N=c2s/c(=C/c3cc(Br)ccc3OC(C)C)c(=O)n2[C@@H]1c1ccc(N(C)C)cc1. The first-order valence-electron chi connectivity index (χ1n) is 12.0. The maximum Gasteiger partial charge on any atom is 0.338 e. The second-order valence-electron chi connectivity index (χ2n) is 9.14. The molecular formula is C28H30BrN3O4S. The zero-order valence-electron chi connectivity index (χ0n) is 21.7. The van der Waals surface area contributed by atoms with Crippen LogP contribution in [0.1, 0.15) is 44.9 Å². The summed E-state index contributed by atoms with van der Waals surface area (Å²) in [6.45, 7) is 7.70. The van der Waals surface area contributed by atoms with Gasteiger partial charge in [0.15, 0.2) is 4.80 Å². The number of nitrogens with zero attached hydrogens (tertiary/aromatic N) is 3. The molecule has 0 N–H and O–H groups in total. The number of anilines is 1. The quantitative estimate of drug-likeness (QED) is 0.385. The third-order valence-corrected chi connectivity index (χ3v) is 7.34. The van der Waals surface area contributed by atoms with Crippen molar-refractivity contribution in [1.82, 2.24) is 4.57 Å². The van der Waals surface area contributed by atoms with Gasteiger partial charge >= 0.3 is 5.97 Å². The highest BCUT2D eigenvalue weighted by Gasteiger charge is 2.33. The van der Waals surface area contributed by atoms with Crippen LogP contribution in [-0.2, 0) is 9.53 Å². The van der Waals surface area contributed by atoms with E-state index in [1.165, 1.54) is 11.3 Å². The van der Waals surface area contributed by atoms with E-state index in [4.69, 9.17) is 9.47 Å². The molecule has 7 nitrogen and oxygen atoms in total. The zero-order valence-corrected chi connectivity index (χ0v) is 24.1. The first-order chi connectivity index (χ1) is 17.6. The molecule has 0 radical (unpaired) electrons. The minimum Gasteiger partial charge on any atom is -0.490 e. The van der Waals surface area contributed by atoms with Crippen molar-refractivity contribution in [3.63, 3.8) is 0 Å². The fourth-order valence-corrected chi connectivity index (χ4v) is 5.61. The minimum absolute atomic E-state index is 0.0190. The first kappa shape index (κ1) is 26.9. The van der Waals surface area contributed by atoms with Gasteiger partial charge in [0.05, 0.1) is 34.6 Å². The molecule has 2 aromatic carbocycles. The number of halogens is 1. The van der Waals surface area contributed by atoms with Crippen LogP contribution in [0.4, 0.5) is 5.69 Å². The molecular weight excluding hydrogens is 554 g/mol. The summed E-state index contributed by atoms with van der Waals surface area (Å²) in [5.74, 6) is 0.211. The van der Waals surface area contributed by atoms with Crippen LogP contribution >= 0.6 is 27.3 Å². The Morgan fingerprint density at radius 3 is 2.54 bits per heavy atom. The van der Waals surface area contributed by atoms with Gasteiger partial charge in [-0.05, 0) is 69.7 Å². The summed E-state index contributed by atoms with van der Waals surface area (Å²) >= 11 is 4.81. The largest absolute Gasteiger partial charge is 0.490 e. The van der Waals surface area contributed by atoms with Crippen LogP contribution in [0.3, 0.4) is 0 Å². The van der Waals surface area contributed by atoms with Gasteiger partial charge in [-0.25, -0.2) is 9.79 Å². The van der Waals surface area contributed by atoms with Crippen LogP contribution in [0.15, 0.2) is 68.0 Å². The Kier molecular flexibility index (Phi) is 8.04. The molecule has 0 spiro atoms. The van der Waals surface area contributed by atoms with E-state index >= 15 is 0 Å². The number of fused-ring (bicyclic) bond motifs is 1. The number of rotatable bonds is 7. The summed E-state index contributed by atoms with van der Waals surface area (Å²) in [7, 11) is 3.93. The molecule has 1 aromatic heterocycles. The predicted molar refractivity (Wildman–Crippen MR) is 151 cm³/mol. The van der Waals surface area contributed by atoms with E-state index in [0.717, 1.165) is 21.3 Å². The number of thiazole rings is 1. The van der Waals surface area contributed by atoms with Crippen molar-refractivity contribution >= 4 is 45.0 Å². The number of allylic oxidation sites excluding steroid dienone is 1. The molecule has 0 fully saturated rings. The maximum atomic E-state index is 13.9. The molecule has 0 bridgehead atoms. The third kappa shape index (κ3) is 5.57. The van der Waals surface area contributed by atoms with Crippen molar-refractivity contribution < 1.29 is 14.3 Å². The summed E-state index contributed by atoms with van der Waals surface area (Å²) in [6.07, 6.45) is 1.80. The molecule has 194 valence electrons. The molecule has 1 aliphatic heterocycles. The molecule has 37 heavy (non-hydrogen) atoms. The molecule has 0 aliphatic carbocycles. The minimum atomic E-state index is -0.650. The van der Waals surface area contributed by atoms with Crippen molar-refractivity contribution in [2.75, 3.05) is 25.6 Å². The number of benzene rings is 2. The number of carbonyl (C=O) groups is 1. The molecule has 1 atom stereocenters. The van der Waals surface area contributed by atoms with Crippen LogP contribution < -0.4 is 24.5 Å². The van der Waals surface area contributed by atoms with Gasteiger partial charge in [-0.3, -0.25) is 9.36 Å². The molecule has 1 aliphatic rings. The fourth-order valence-electron chi connectivity index (χ4n) is 4.20. The smallest absolute Gasteiger partial charge is 0.338 e. The van der Waals surface area contributed by atoms with Crippen LogP contribution in [0.25, 0.3) is 6.08 Å². The van der Waals surface area contributed by atoms with E-state index in [0.29, 0.717) is 26.4 Å². The normalized spacial score (nSPS) is 15.5. The highest BCUT2D eigenvalue weighted by molar-refractivity contribution is 9.10. The van der Waals surface area contributed by atoms with E-state index in [-0.39, 0.29) is 18.3 Å². The lowest BCUT2D eigenvalue weighted by atomic mass is 9.95. The summed E-state index contributed by atoms with van der Waals surface area (Å²) in [5.41, 5.74) is 3.28. The highest BCUT2D eigenvalue weighted by Crippen LogP contribution is 2.32. The lowest BCUT2D eigenvalue weighted by Crippen LogP contribution is -2.40. The first-order valence-corrected chi connectivity index (χ1v) is 13.6. The van der Waals surface area contributed by atoms with E-state index in [9.17, 15) is 9.59 Å². The second kappa shape index (κ2) is 11.1. The van der Waals surface area contributed by atoms with Gasteiger partial charge < -0.3 is 14.4 Å². The molecule has 4 rings (SSSR count). The molecule has 0 saturated carbocycles. The topological polar surface area (TPSA) is 73.1 Å². The monoisotopic (exact) mass is 583 g/mol. The van der Waals surface area contributed by atoms with Crippen LogP contribution in [0.2, 0.25) is 0 Å². The lowest BCUT2D eigenvalue weighted by Gasteiger charge is -2.25. The number of hydrogen-bond acceptors (Lipinski definition) is 7. The number of aromatic nitrogens is 1. The van der Waals surface area contributed by atoms with Gasteiger partial charge in [0, 0.05) is 29.8 Å². The maximum absolute atomic E-state index is 13.9. The Morgan fingerprint density at radius 2 is 1.92 bits per heavy atom. The van der Waals surface area contributed by atoms with E-state index in [2.05, 4.69) is 20.9 Å². The summed E-state index contributed by atoms with van der Waals surface area (Å²) in [6, 6.07) is 12.9. The number of carbonyl (C=O) groups excluding carboxylic acids is 1. The fraction of sp³-hybridized carbons (Fsp3) is 0.321. The number of esters is 1. The van der Waals surface area contributed by atoms with Crippen molar-refractivity contribution in [2.45, 2.75) is 39.8 Å². The summed E-state index contributed by atoms with van der Waals surface area (Å²) in [5, 5.41) is 0. The molecule has 0 unspecified atom stereocenters. The number of hydrogen-bond donors (Lipinski definition) is 0. The molecule has 9 heteroatoms. The van der Waals surface area contributed by atoms with Crippen molar-refractivity contribution in [1.29, 1.82) is 0 Å². The van der Waals surface area contributed by atoms with E-state index in [1.54, 1.807) is 18.4 Å². The van der Waals surface area contributed by atoms with Gasteiger partial charge in [0.25, 0.3) is 5.56 Å². The second-order valence-corrected chi connectivity index (χ2v) is 11.1. The third-order valence-electron chi connectivity index (χ3n) is 5.86. The zero-order chi connectivity index (χ0) is 26.9. The van der Waals surface area contributed by atoms with Gasteiger partial charge in [-0.2, -0.15) is 0 Å². The van der Waals surface area contributed by atoms with Crippen LogP contribution in [-0.4, -0.2) is 37.3 Å². The van der Waals surface area contributed by atoms with Crippen molar-refractivity contribution in [3.8, 4) is 5.75 Å². The van der Waals surface area contributed by atoms with Crippen LogP contribution in [0, 0.1) is 0 Å². The average molecular weight is 585 g/mol. The lowest BCUT2D eigenvalue weighted by molar-refractivity contribution is -0.139. The standard InChI is InChI=1S/C28H30BrN3O4S/c1-7-35-27(34)24-17(4)30-28-32(25(24)18-8-11-21(12-9-18)31(5)6)26(33)23(37-28)15-19-14-20(29)10-13-22(19)36-16(2)3/h8-16,25H,7H2,1-6H3/b23-15+/t25-/m1/s1. The predicted octanol–water partition coefficient (Wildman–Crippen LogP) is 4.41. The Balaban J connectivity index is 1.94. The van der Waals surface area contributed by atoms with Crippen LogP contribution in [0.5, 0.6) is 5.75 Å². The Morgan fingerprint density at radius 1 is 1.22 bits per heavy atom. The van der Waals surface area contributed by atoms with Gasteiger partial charge in [0.2, 0.25) is 0 Å². The van der Waals surface area contributed by atoms with E-state index in [1.807, 2.05) is 81.4 Å². The summed E-state index contributed by atoms with van der Waals surface area (Å²) in [4.78, 5) is 34.1.